The number of fused-ring (bicyclic) bond motifs is 3. The Balaban J connectivity index is 1.70. The van der Waals surface area contributed by atoms with E-state index in [-0.39, 0.29) is 29.2 Å². The van der Waals surface area contributed by atoms with Crippen LogP contribution in [0.3, 0.4) is 0 Å². The Morgan fingerprint density at radius 1 is 1.33 bits per heavy atom. The number of benzene rings is 2. The van der Waals surface area contributed by atoms with Gasteiger partial charge in [-0.2, -0.15) is 5.26 Å². The summed E-state index contributed by atoms with van der Waals surface area (Å²) in [6, 6.07) is 13.2. The summed E-state index contributed by atoms with van der Waals surface area (Å²) in [6.45, 7) is 1.94. The fourth-order valence-electron chi connectivity index (χ4n) is 4.19. The fraction of sp³-hybridized carbons (Fsp3) is 0.286. The summed E-state index contributed by atoms with van der Waals surface area (Å²) in [6.07, 6.45) is 5.26. The standard InChI is InChI=1S/C21H19N3O3/c1-13-11-15(24(25)26)12-19-17-3-2-4-18(17)21(23-20(13)19)14-5-7-16(8-6-14)27-10-9-22/h2-3,5-8,11-12,17-18,21,23H,4,10H2,1H3/t17-,18+,21+/m0/s1. The number of ether oxygens (including phenoxy) is 1. The van der Waals surface area contributed by atoms with E-state index >= 15 is 0 Å². The molecule has 0 saturated carbocycles. The maximum atomic E-state index is 11.3. The van der Waals surface area contributed by atoms with Gasteiger partial charge in [0, 0.05) is 23.7 Å². The van der Waals surface area contributed by atoms with E-state index in [4.69, 9.17) is 10.00 Å². The van der Waals surface area contributed by atoms with Crippen molar-refractivity contribution >= 4 is 11.4 Å². The van der Waals surface area contributed by atoms with E-state index in [9.17, 15) is 10.1 Å². The van der Waals surface area contributed by atoms with Gasteiger partial charge in [-0.25, -0.2) is 0 Å². The Morgan fingerprint density at radius 3 is 2.81 bits per heavy atom. The van der Waals surface area contributed by atoms with Gasteiger partial charge in [-0.3, -0.25) is 10.1 Å². The van der Waals surface area contributed by atoms with E-state index in [1.807, 2.05) is 37.3 Å². The second-order valence-electron chi connectivity index (χ2n) is 6.98. The zero-order valence-electron chi connectivity index (χ0n) is 14.9. The van der Waals surface area contributed by atoms with Crippen LogP contribution < -0.4 is 10.1 Å². The predicted molar refractivity (Wildman–Crippen MR) is 102 cm³/mol. The summed E-state index contributed by atoms with van der Waals surface area (Å²) in [5.74, 6) is 1.15. The summed E-state index contributed by atoms with van der Waals surface area (Å²) >= 11 is 0. The molecule has 0 unspecified atom stereocenters. The molecule has 0 spiro atoms. The van der Waals surface area contributed by atoms with Crippen LogP contribution in [-0.2, 0) is 0 Å². The molecular weight excluding hydrogens is 342 g/mol. The van der Waals surface area contributed by atoms with E-state index in [0.29, 0.717) is 11.7 Å². The van der Waals surface area contributed by atoms with Crippen LogP contribution in [0.2, 0.25) is 0 Å². The molecule has 0 fully saturated rings. The topological polar surface area (TPSA) is 88.2 Å². The predicted octanol–water partition coefficient (Wildman–Crippen LogP) is 4.63. The van der Waals surface area contributed by atoms with Crippen LogP contribution in [0.15, 0.2) is 48.6 Å². The molecule has 0 amide bonds. The number of hydrogen-bond donors (Lipinski definition) is 1. The largest absolute Gasteiger partial charge is 0.479 e. The van der Waals surface area contributed by atoms with E-state index < -0.39 is 0 Å². The van der Waals surface area contributed by atoms with Gasteiger partial charge in [0.05, 0.1) is 11.0 Å². The first-order valence-corrected chi connectivity index (χ1v) is 8.90. The van der Waals surface area contributed by atoms with Crippen molar-refractivity contribution in [1.82, 2.24) is 0 Å². The van der Waals surface area contributed by atoms with Crippen molar-refractivity contribution in [3.63, 3.8) is 0 Å². The molecule has 0 bridgehead atoms. The van der Waals surface area contributed by atoms with E-state index in [1.165, 1.54) is 0 Å². The maximum absolute atomic E-state index is 11.3. The quantitative estimate of drug-likeness (QED) is 0.487. The number of nitrogens with zero attached hydrogens (tertiary/aromatic N) is 2. The number of rotatable bonds is 4. The Labute approximate surface area is 157 Å². The highest BCUT2D eigenvalue weighted by atomic mass is 16.6. The van der Waals surface area contributed by atoms with Crippen molar-refractivity contribution < 1.29 is 9.66 Å². The van der Waals surface area contributed by atoms with Crippen LogP contribution in [0, 0.1) is 34.3 Å². The number of nitrogens with one attached hydrogen (secondary N) is 1. The molecule has 0 aromatic heterocycles. The van der Waals surface area contributed by atoms with E-state index in [1.54, 1.807) is 12.1 Å². The fourth-order valence-corrected chi connectivity index (χ4v) is 4.19. The van der Waals surface area contributed by atoms with Gasteiger partial charge in [-0.05, 0) is 48.1 Å². The van der Waals surface area contributed by atoms with Gasteiger partial charge in [0.15, 0.2) is 6.61 Å². The van der Waals surface area contributed by atoms with Gasteiger partial charge in [-0.1, -0.05) is 24.3 Å². The minimum atomic E-state index is -0.326. The molecule has 6 heteroatoms. The van der Waals surface area contributed by atoms with Gasteiger partial charge < -0.3 is 10.1 Å². The zero-order valence-corrected chi connectivity index (χ0v) is 14.9. The maximum Gasteiger partial charge on any atom is 0.270 e. The van der Waals surface area contributed by atoms with Crippen LogP contribution in [0.1, 0.15) is 35.1 Å². The first-order chi connectivity index (χ1) is 13.1. The molecule has 27 heavy (non-hydrogen) atoms. The number of anilines is 1. The SMILES string of the molecule is Cc1cc([N+](=O)[O-])cc2c1N[C@H](c1ccc(OCC#N)cc1)[C@@H]1CC=C[C@H]21. The van der Waals surface area contributed by atoms with Crippen LogP contribution in [0.5, 0.6) is 5.75 Å². The normalized spacial score (nSPS) is 22.3. The summed E-state index contributed by atoms with van der Waals surface area (Å²) in [4.78, 5) is 10.9. The van der Waals surface area contributed by atoms with E-state index in [2.05, 4.69) is 17.5 Å². The molecule has 136 valence electrons. The highest BCUT2D eigenvalue weighted by molar-refractivity contribution is 5.67. The van der Waals surface area contributed by atoms with Crippen LogP contribution in [0.4, 0.5) is 11.4 Å². The average Bonchev–Trinajstić information content (AvgIpc) is 3.16. The first kappa shape index (κ1) is 17.1. The van der Waals surface area contributed by atoms with Gasteiger partial charge in [-0.15, -0.1) is 0 Å². The number of hydrogen-bond acceptors (Lipinski definition) is 5. The zero-order chi connectivity index (χ0) is 19.0. The van der Waals surface area contributed by atoms with Crippen molar-refractivity contribution in [1.29, 1.82) is 5.26 Å². The highest BCUT2D eigenvalue weighted by Crippen LogP contribution is 2.51. The number of nitro benzene ring substituents is 1. The molecule has 2 aliphatic rings. The van der Waals surface area contributed by atoms with Gasteiger partial charge in [0.25, 0.3) is 5.69 Å². The number of aryl methyl sites for hydroxylation is 1. The summed E-state index contributed by atoms with van der Waals surface area (Å²) < 4.78 is 5.34. The molecule has 0 radical (unpaired) electrons. The smallest absolute Gasteiger partial charge is 0.270 e. The molecule has 0 saturated heterocycles. The third-order valence-electron chi connectivity index (χ3n) is 5.40. The molecule has 1 aliphatic carbocycles. The molecule has 2 aromatic carbocycles. The van der Waals surface area contributed by atoms with Gasteiger partial charge >= 0.3 is 0 Å². The number of allylic oxidation sites excluding steroid dienone is 2. The van der Waals surface area contributed by atoms with Gasteiger partial charge in [0.2, 0.25) is 0 Å². The number of nitriles is 1. The Kier molecular flexibility index (Phi) is 4.28. The monoisotopic (exact) mass is 361 g/mol. The molecule has 1 aliphatic heterocycles. The summed E-state index contributed by atoms with van der Waals surface area (Å²) in [5.41, 5.74) is 4.16. The van der Waals surface area contributed by atoms with Crippen molar-refractivity contribution in [2.45, 2.75) is 25.3 Å². The van der Waals surface area contributed by atoms with E-state index in [0.717, 1.165) is 28.8 Å². The first-order valence-electron chi connectivity index (χ1n) is 8.90. The van der Waals surface area contributed by atoms with Crippen molar-refractivity contribution in [2.24, 2.45) is 5.92 Å². The summed E-state index contributed by atoms with van der Waals surface area (Å²) in [7, 11) is 0. The molecule has 6 nitrogen and oxygen atoms in total. The lowest BCUT2D eigenvalue weighted by Gasteiger charge is -2.38. The second kappa shape index (κ2) is 6.76. The Bertz CT molecular complexity index is 960. The second-order valence-corrected chi connectivity index (χ2v) is 6.98. The molecule has 4 rings (SSSR count). The van der Waals surface area contributed by atoms with Crippen molar-refractivity contribution in [2.75, 3.05) is 11.9 Å². The third-order valence-corrected chi connectivity index (χ3v) is 5.40. The Hall–Kier alpha value is -3.33. The lowest BCUT2D eigenvalue weighted by atomic mass is 9.76. The minimum absolute atomic E-state index is 0.0288. The van der Waals surface area contributed by atoms with Gasteiger partial charge in [0.1, 0.15) is 11.8 Å². The van der Waals surface area contributed by atoms with Crippen LogP contribution in [0.25, 0.3) is 0 Å². The number of nitro groups is 1. The lowest BCUT2D eigenvalue weighted by molar-refractivity contribution is -0.385. The lowest BCUT2D eigenvalue weighted by Crippen LogP contribution is -2.29. The minimum Gasteiger partial charge on any atom is -0.479 e. The number of non-ortho nitro benzene ring substituents is 1. The summed E-state index contributed by atoms with van der Waals surface area (Å²) in [5, 5.41) is 23.5. The molecule has 1 heterocycles. The average molecular weight is 361 g/mol. The Morgan fingerprint density at radius 2 is 2.11 bits per heavy atom. The molecular formula is C21H19N3O3. The molecule has 2 aromatic rings. The van der Waals surface area contributed by atoms with Crippen LogP contribution in [-0.4, -0.2) is 11.5 Å². The molecule has 3 atom stereocenters. The van der Waals surface area contributed by atoms with Crippen molar-refractivity contribution in [3.05, 3.63) is 75.4 Å². The third kappa shape index (κ3) is 3.02. The van der Waals surface area contributed by atoms with Crippen molar-refractivity contribution in [3.8, 4) is 11.8 Å². The van der Waals surface area contributed by atoms with Crippen LogP contribution >= 0.6 is 0 Å². The molecule has 1 N–H and O–H groups in total. The highest BCUT2D eigenvalue weighted by Gasteiger charge is 2.39.